The Labute approximate surface area is 172 Å². The number of nitrogens with zero attached hydrogens (tertiary/aromatic N) is 3. The van der Waals surface area contributed by atoms with Crippen molar-refractivity contribution in [3.05, 3.63) is 58.0 Å². The molecule has 1 heterocycles. The van der Waals surface area contributed by atoms with Gasteiger partial charge in [0.25, 0.3) is 11.5 Å². The SMILES string of the molecule is CCn1nc(C(=O)N/N=C\c2cc(OC)c(OC)cc2OC)c2ccccc2c1=O. The average Bonchev–Trinajstić information content (AvgIpc) is 2.78. The molecule has 0 aliphatic heterocycles. The van der Waals surface area contributed by atoms with Crippen molar-refractivity contribution in [1.29, 1.82) is 0 Å². The summed E-state index contributed by atoms with van der Waals surface area (Å²) < 4.78 is 17.1. The molecule has 0 saturated heterocycles. The number of hydrogen-bond donors (Lipinski definition) is 1. The van der Waals surface area contributed by atoms with Gasteiger partial charge in [-0.05, 0) is 19.1 Å². The van der Waals surface area contributed by atoms with E-state index < -0.39 is 5.91 Å². The molecule has 0 bridgehead atoms. The first-order valence-corrected chi connectivity index (χ1v) is 9.17. The molecule has 0 atom stereocenters. The molecule has 0 radical (unpaired) electrons. The number of aromatic nitrogens is 2. The molecule has 3 aromatic rings. The molecule has 0 saturated carbocycles. The highest BCUT2D eigenvalue weighted by molar-refractivity contribution is 6.05. The van der Waals surface area contributed by atoms with Gasteiger partial charge in [0.2, 0.25) is 0 Å². The zero-order chi connectivity index (χ0) is 21.7. The minimum absolute atomic E-state index is 0.114. The van der Waals surface area contributed by atoms with Crippen molar-refractivity contribution in [1.82, 2.24) is 15.2 Å². The molecule has 156 valence electrons. The van der Waals surface area contributed by atoms with Crippen LogP contribution in [0.3, 0.4) is 0 Å². The first kappa shape index (κ1) is 20.8. The molecule has 0 fully saturated rings. The van der Waals surface area contributed by atoms with Crippen molar-refractivity contribution in [3.8, 4) is 17.2 Å². The zero-order valence-corrected chi connectivity index (χ0v) is 17.1. The van der Waals surface area contributed by atoms with Crippen molar-refractivity contribution in [2.45, 2.75) is 13.5 Å². The van der Waals surface area contributed by atoms with Crippen LogP contribution in [0, 0.1) is 0 Å². The van der Waals surface area contributed by atoms with Gasteiger partial charge >= 0.3 is 0 Å². The Bertz CT molecular complexity index is 1170. The molecule has 1 amide bonds. The van der Waals surface area contributed by atoms with Crippen LogP contribution < -0.4 is 25.2 Å². The number of amides is 1. The summed E-state index contributed by atoms with van der Waals surface area (Å²) in [5.74, 6) is 0.958. The van der Waals surface area contributed by atoms with Gasteiger partial charge in [-0.25, -0.2) is 10.1 Å². The van der Waals surface area contributed by atoms with Crippen molar-refractivity contribution >= 4 is 22.9 Å². The number of ether oxygens (including phenoxy) is 3. The van der Waals surface area contributed by atoms with Crippen LogP contribution in [0.2, 0.25) is 0 Å². The Morgan fingerprint density at radius 3 is 2.33 bits per heavy atom. The van der Waals surface area contributed by atoms with Crippen molar-refractivity contribution < 1.29 is 19.0 Å². The monoisotopic (exact) mass is 410 g/mol. The maximum Gasteiger partial charge on any atom is 0.292 e. The van der Waals surface area contributed by atoms with E-state index in [0.29, 0.717) is 40.1 Å². The number of carbonyl (C=O) groups is 1. The smallest absolute Gasteiger partial charge is 0.292 e. The first-order valence-electron chi connectivity index (χ1n) is 9.17. The number of nitrogens with one attached hydrogen (secondary N) is 1. The number of hydrogen-bond acceptors (Lipinski definition) is 7. The first-order chi connectivity index (χ1) is 14.5. The van der Waals surface area contributed by atoms with Crippen molar-refractivity contribution in [2.24, 2.45) is 5.10 Å². The van der Waals surface area contributed by atoms with E-state index in [2.05, 4.69) is 15.6 Å². The summed E-state index contributed by atoms with van der Waals surface area (Å²) in [4.78, 5) is 25.1. The number of aryl methyl sites for hydroxylation is 1. The third kappa shape index (κ3) is 3.95. The van der Waals surface area contributed by atoms with Crippen molar-refractivity contribution in [2.75, 3.05) is 21.3 Å². The predicted octanol–water partition coefficient (Wildman–Crippen LogP) is 2.21. The van der Waals surface area contributed by atoms with Gasteiger partial charge in [0.1, 0.15) is 5.75 Å². The largest absolute Gasteiger partial charge is 0.496 e. The fraction of sp³-hybridized carbons (Fsp3) is 0.238. The van der Waals surface area contributed by atoms with Crippen LogP contribution in [0.4, 0.5) is 0 Å². The molecule has 1 aromatic heterocycles. The molecule has 9 nitrogen and oxygen atoms in total. The lowest BCUT2D eigenvalue weighted by Crippen LogP contribution is -2.28. The van der Waals surface area contributed by atoms with Gasteiger partial charge in [0.05, 0.1) is 32.9 Å². The number of benzene rings is 2. The van der Waals surface area contributed by atoms with E-state index in [-0.39, 0.29) is 11.3 Å². The van der Waals surface area contributed by atoms with Crippen LogP contribution in [-0.4, -0.2) is 43.2 Å². The van der Waals surface area contributed by atoms with Crippen molar-refractivity contribution in [3.63, 3.8) is 0 Å². The lowest BCUT2D eigenvalue weighted by molar-refractivity contribution is 0.0949. The van der Waals surface area contributed by atoms with Gasteiger partial charge in [-0.3, -0.25) is 9.59 Å². The minimum Gasteiger partial charge on any atom is -0.496 e. The molecule has 2 aromatic carbocycles. The molecule has 9 heteroatoms. The highest BCUT2D eigenvalue weighted by Gasteiger charge is 2.16. The summed E-state index contributed by atoms with van der Waals surface area (Å²) in [6.07, 6.45) is 1.43. The molecule has 30 heavy (non-hydrogen) atoms. The van der Waals surface area contributed by atoms with E-state index in [9.17, 15) is 9.59 Å². The fourth-order valence-electron chi connectivity index (χ4n) is 2.98. The number of methoxy groups -OCH3 is 3. The summed E-state index contributed by atoms with van der Waals surface area (Å²) in [6.45, 7) is 2.13. The van der Waals surface area contributed by atoms with Gasteiger partial charge in [-0.2, -0.15) is 10.2 Å². The normalized spacial score (nSPS) is 10.9. The number of carbonyl (C=O) groups excluding carboxylic acids is 1. The van der Waals surface area contributed by atoms with Gasteiger partial charge in [-0.15, -0.1) is 0 Å². The number of fused-ring (bicyclic) bond motifs is 1. The van der Waals surface area contributed by atoms with Crippen LogP contribution in [-0.2, 0) is 6.54 Å². The molecule has 0 aliphatic rings. The van der Waals surface area contributed by atoms with Gasteiger partial charge in [-0.1, -0.05) is 18.2 Å². The van der Waals surface area contributed by atoms with E-state index >= 15 is 0 Å². The third-order valence-corrected chi connectivity index (χ3v) is 4.49. The second-order valence-corrected chi connectivity index (χ2v) is 6.16. The fourth-order valence-corrected chi connectivity index (χ4v) is 2.98. The summed E-state index contributed by atoms with van der Waals surface area (Å²) in [6, 6.07) is 10.2. The second kappa shape index (κ2) is 9.08. The predicted molar refractivity (Wildman–Crippen MR) is 113 cm³/mol. The van der Waals surface area contributed by atoms with Crippen LogP contribution in [0.25, 0.3) is 10.8 Å². The van der Waals surface area contributed by atoms with Crippen LogP contribution in [0.5, 0.6) is 17.2 Å². The molecule has 0 aliphatic carbocycles. The minimum atomic E-state index is -0.538. The molecule has 3 rings (SSSR count). The number of rotatable bonds is 7. The average molecular weight is 410 g/mol. The van der Waals surface area contributed by atoms with E-state index in [1.165, 1.54) is 32.2 Å². The Balaban J connectivity index is 1.92. The van der Waals surface area contributed by atoms with Gasteiger partial charge < -0.3 is 14.2 Å². The molecule has 1 N–H and O–H groups in total. The Morgan fingerprint density at radius 2 is 1.70 bits per heavy atom. The molecular weight excluding hydrogens is 388 g/mol. The zero-order valence-electron chi connectivity index (χ0n) is 17.1. The van der Waals surface area contributed by atoms with Gasteiger partial charge in [0.15, 0.2) is 17.2 Å². The van der Waals surface area contributed by atoms with Crippen LogP contribution in [0.1, 0.15) is 23.0 Å². The molecule has 0 spiro atoms. The standard InChI is InChI=1S/C21H22N4O5/c1-5-25-21(27)15-9-7-6-8-14(15)19(24-25)20(26)23-22-12-13-10-17(29-3)18(30-4)11-16(13)28-2/h6-12H,5H2,1-4H3,(H,23,26)/b22-12-. The molecule has 0 unspecified atom stereocenters. The third-order valence-electron chi connectivity index (χ3n) is 4.49. The quantitative estimate of drug-likeness (QED) is 0.473. The van der Waals surface area contributed by atoms with Gasteiger partial charge in [0, 0.05) is 23.6 Å². The molecular formula is C21H22N4O5. The summed E-state index contributed by atoms with van der Waals surface area (Å²) in [5.41, 5.74) is 2.90. The van der Waals surface area contributed by atoms with Crippen LogP contribution in [0.15, 0.2) is 46.3 Å². The van der Waals surface area contributed by atoms with E-state index in [0.717, 1.165) is 0 Å². The highest BCUT2D eigenvalue weighted by Crippen LogP contribution is 2.33. The lowest BCUT2D eigenvalue weighted by atomic mass is 10.1. The second-order valence-electron chi connectivity index (χ2n) is 6.16. The maximum absolute atomic E-state index is 12.7. The summed E-state index contributed by atoms with van der Waals surface area (Å²) in [7, 11) is 4.56. The topological polar surface area (TPSA) is 104 Å². The Hall–Kier alpha value is -3.88. The lowest BCUT2D eigenvalue weighted by Gasteiger charge is -2.12. The summed E-state index contributed by atoms with van der Waals surface area (Å²) >= 11 is 0. The van der Waals surface area contributed by atoms with E-state index in [1.54, 1.807) is 43.3 Å². The maximum atomic E-state index is 12.7. The summed E-state index contributed by atoms with van der Waals surface area (Å²) in [5, 5.41) is 9.08. The number of hydrazone groups is 1. The Kier molecular flexibility index (Phi) is 6.31. The highest BCUT2D eigenvalue weighted by atomic mass is 16.5. The van der Waals surface area contributed by atoms with Crippen LogP contribution >= 0.6 is 0 Å². The van der Waals surface area contributed by atoms with E-state index in [4.69, 9.17) is 14.2 Å². The Morgan fingerprint density at radius 1 is 1.07 bits per heavy atom. The van der Waals surface area contributed by atoms with E-state index in [1.807, 2.05) is 0 Å².